The van der Waals surface area contributed by atoms with Gasteiger partial charge in [-0.3, -0.25) is 9.89 Å². The lowest BCUT2D eigenvalue weighted by Crippen LogP contribution is -2.14. The number of nitrogens with one attached hydrogen (secondary N) is 2. The lowest BCUT2D eigenvalue weighted by Gasteiger charge is -2.03. The van der Waals surface area contributed by atoms with Crippen molar-refractivity contribution in [1.82, 2.24) is 10.2 Å². The molecule has 3 aromatic rings. The summed E-state index contributed by atoms with van der Waals surface area (Å²) in [6, 6.07) is 15.7. The van der Waals surface area contributed by atoms with Gasteiger partial charge in [0, 0.05) is 5.39 Å². The van der Waals surface area contributed by atoms with Gasteiger partial charge < -0.3 is 5.32 Å². The molecular formula is C16H15N3O. The molecule has 0 radical (unpaired) electrons. The highest BCUT2D eigenvalue weighted by molar-refractivity contribution is 6.00. The van der Waals surface area contributed by atoms with E-state index in [-0.39, 0.29) is 5.91 Å². The Labute approximate surface area is 116 Å². The minimum atomic E-state index is -0.0622. The fourth-order valence-electron chi connectivity index (χ4n) is 2.24. The molecule has 0 bridgehead atoms. The summed E-state index contributed by atoms with van der Waals surface area (Å²) in [5, 5.41) is 10.8. The van der Waals surface area contributed by atoms with Crippen molar-refractivity contribution < 1.29 is 4.79 Å². The molecule has 0 aliphatic heterocycles. The highest BCUT2D eigenvalue weighted by atomic mass is 16.1. The molecule has 0 atom stereocenters. The zero-order valence-electron chi connectivity index (χ0n) is 11.2. The van der Waals surface area contributed by atoms with Crippen LogP contribution >= 0.6 is 0 Å². The first-order chi connectivity index (χ1) is 9.72. The molecule has 0 unspecified atom stereocenters. The Bertz CT molecular complexity index is 761. The van der Waals surface area contributed by atoms with Crippen LogP contribution < -0.4 is 5.32 Å². The molecule has 0 aliphatic carbocycles. The van der Waals surface area contributed by atoms with Crippen LogP contribution in [-0.4, -0.2) is 16.1 Å². The van der Waals surface area contributed by atoms with E-state index in [1.54, 1.807) is 0 Å². The van der Waals surface area contributed by atoms with Gasteiger partial charge in [0.15, 0.2) is 5.82 Å². The lowest BCUT2D eigenvalue weighted by atomic mass is 10.1. The largest absolute Gasteiger partial charge is 0.308 e. The van der Waals surface area contributed by atoms with Crippen molar-refractivity contribution in [2.45, 2.75) is 13.3 Å². The predicted octanol–water partition coefficient (Wildman–Crippen LogP) is 3.05. The number of H-pyrrole nitrogens is 1. The zero-order valence-corrected chi connectivity index (χ0v) is 11.2. The molecule has 4 nitrogen and oxygen atoms in total. The monoisotopic (exact) mass is 265 g/mol. The predicted molar refractivity (Wildman–Crippen MR) is 79.6 cm³/mol. The fraction of sp³-hybridized carbons (Fsp3) is 0.125. The Hall–Kier alpha value is -2.62. The summed E-state index contributed by atoms with van der Waals surface area (Å²) >= 11 is 0. The number of hydrogen-bond acceptors (Lipinski definition) is 2. The number of para-hydroxylation sites is 1. The van der Waals surface area contributed by atoms with Gasteiger partial charge in [-0.15, -0.1) is 0 Å². The summed E-state index contributed by atoms with van der Waals surface area (Å²) in [5.74, 6) is 0.520. The molecule has 100 valence electrons. The molecule has 0 spiro atoms. The van der Waals surface area contributed by atoms with Gasteiger partial charge in [0.2, 0.25) is 5.91 Å². The van der Waals surface area contributed by atoms with E-state index in [1.165, 1.54) is 0 Å². The van der Waals surface area contributed by atoms with E-state index in [2.05, 4.69) is 15.5 Å². The molecule has 1 amide bonds. The van der Waals surface area contributed by atoms with Gasteiger partial charge in [-0.25, -0.2) is 0 Å². The summed E-state index contributed by atoms with van der Waals surface area (Å²) in [6.07, 6.45) is 0.350. The van der Waals surface area contributed by atoms with Gasteiger partial charge in [-0.2, -0.15) is 5.10 Å². The Morgan fingerprint density at radius 2 is 2.05 bits per heavy atom. The Morgan fingerprint density at radius 1 is 1.20 bits per heavy atom. The van der Waals surface area contributed by atoms with Gasteiger partial charge in [-0.1, -0.05) is 42.0 Å². The number of aromatic amines is 1. The van der Waals surface area contributed by atoms with E-state index >= 15 is 0 Å². The number of amides is 1. The van der Waals surface area contributed by atoms with Gasteiger partial charge in [-0.05, 0) is 24.6 Å². The third-order valence-electron chi connectivity index (χ3n) is 3.18. The standard InChI is InChI=1S/C16H15N3O/c1-11-5-4-6-12(9-11)10-15(20)17-16-13-7-2-3-8-14(13)18-19-16/h2-9H,10H2,1H3,(H2,17,18,19,20). The van der Waals surface area contributed by atoms with Crippen LogP contribution in [0, 0.1) is 6.92 Å². The lowest BCUT2D eigenvalue weighted by molar-refractivity contribution is -0.115. The van der Waals surface area contributed by atoms with Crippen molar-refractivity contribution in [3.8, 4) is 0 Å². The maximum absolute atomic E-state index is 12.1. The molecule has 0 fully saturated rings. The molecular weight excluding hydrogens is 250 g/mol. The summed E-state index contributed by atoms with van der Waals surface area (Å²) in [4.78, 5) is 12.1. The maximum atomic E-state index is 12.1. The fourth-order valence-corrected chi connectivity index (χ4v) is 2.24. The molecule has 2 aromatic carbocycles. The first kappa shape index (κ1) is 12.4. The minimum absolute atomic E-state index is 0.0622. The van der Waals surface area contributed by atoms with Crippen LogP contribution in [-0.2, 0) is 11.2 Å². The Balaban J connectivity index is 1.76. The summed E-state index contributed by atoms with van der Waals surface area (Å²) in [7, 11) is 0. The SMILES string of the molecule is Cc1cccc(CC(=O)Nc2n[nH]c3ccccc23)c1. The summed E-state index contributed by atoms with van der Waals surface area (Å²) in [6.45, 7) is 2.02. The highest BCUT2D eigenvalue weighted by Gasteiger charge is 2.09. The molecule has 3 rings (SSSR count). The van der Waals surface area contributed by atoms with E-state index in [9.17, 15) is 4.79 Å². The van der Waals surface area contributed by atoms with Crippen molar-refractivity contribution in [1.29, 1.82) is 0 Å². The van der Waals surface area contributed by atoms with Crippen LogP contribution in [0.5, 0.6) is 0 Å². The van der Waals surface area contributed by atoms with Crippen molar-refractivity contribution in [3.63, 3.8) is 0 Å². The first-order valence-electron chi connectivity index (χ1n) is 6.51. The molecule has 20 heavy (non-hydrogen) atoms. The second kappa shape index (κ2) is 5.17. The smallest absolute Gasteiger partial charge is 0.230 e. The molecule has 1 heterocycles. The zero-order chi connectivity index (χ0) is 13.9. The number of carbonyl (C=O) groups is 1. The number of rotatable bonds is 3. The number of benzene rings is 2. The number of nitrogens with zero attached hydrogens (tertiary/aromatic N) is 1. The van der Waals surface area contributed by atoms with E-state index < -0.39 is 0 Å². The minimum Gasteiger partial charge on any atom is -0.308 e. The number of anilines is 1. The normalized spacial score (nSPS) is 10.7. The molecule has 0 aliphatic rings. The third-order valence-corrected chi connectivity index (χ3v) is 3.18. The first-order valence-corrected chi connectivity index (χ1v) is 6.51. The van der Waals surface area contributed by atoms with Crippen LogP contribution in [0.1, 0.15) is 11.1 Å². The van der Waals surface area contributed by atoms with Crippen LogP contribution in [0.15, 0.2) is 48.5 Å². The second-order valence-corrected chi connectivity index (χ2v) is 4.83. The van der Waals surface area contributed by atoms with E-state index in [4.69, 9.17) is 0 Å². The topological polar surface area (TPSA) is 57.8 Å². The second-order valence-electron chi connectivity index (χ2n) is 4.83. The van der Waals surface area contributed by atoms with Gasteiger partial charge in [0.25, 0.3) is 0 Å². The molecule has 2 N–H and O–H groups in total. The van der Waals surface area contributed by atoms with Crippen molar-refractivity contribution in [3.05, 3.63) is 59.7 Å². The number of hydrogen-bond donors (Lipinski definition) is 2. The van der Waals surface area contributed by atoms with Crippen LogP contribution in [0.4, 0.5) is 5.82 Å². The molecule has 0 saturated heterocycles. The van der Waals surface area contributed by atoms with Crippen molar-refractivity contribution in [2.24, 2.45) is 0 Å². The van der Waals surface area contributed by atoms with Gasteiger partial charge in [0.05, 0.1) is 11.9 Å². The van der Waals surface area contributed by atoms with E-state index in [0.717, 1.165) is 22.0 Å². The van der Waals surface area contributed by atoms with E-state index in [1.807, 2.05) is 55.5 Å². The van der Waals surface area contributed by atoms with Gasteiger partial charge >= 0.3 is 0 Å². The number of fused-ring (bicyclic) bond motifs is 1. The molecule has 0 saturated carbocycles. The van der Waals surface area contributed by atoms with Crippen molar-refractivity contribution >= 4 is 22.6 Å². The maximum Gasteiger partial charge on any atom is 0.230 e. The van der Waals surface area contributed by atoms with E-state index in [0.29, 0.717) is 12.2 Å². The molecule has 4 heteroatoms. The Morgan fingerprint density at radius 3 is 2.90 bits per heavy atom. The third kappa shape index (κ3) is 2.54. The molecule has 1 aromatic heterocycles. The summed E-state index contributed by atoms with van der Waals surface area (Å²) < 4.78 is 0. The van der Waals surface area contributed by atoms with Crippen LogP contribution in [0.25, 0.3) is 10.9 Å². The Kier molecular flexibility index (Phi) is 3.21. The average molecular weight is 265 g/mol. The highest BCUT2D eigenvalue weighted by Crippen LogP contribution is 2.19. The van der Waals surface area contributed by atoms with Gasteiger partial charge in [0.1, 0.15) is 0 Å². The summed E-state index contributed by atoms with van der Waals surface area (Å²) in [5.41, 5.74) is 3.07. The number of aryl methyl sites for hydroxylation is 1. The van der Waals surface area contributed by atoms with Crippen LogP contribution in [0.3, 0.4) is 0 Å². The van der Waals surface area contributed by atoms with Crippen molar-refractivity contribution in [2.75, 3.05) is 5.32 Å². The number of aromatic nitrogens is 2. The van der Waals surface area contributed by atoms with Crippen LogP contribution in [0.2, 0.25) is 0 Å². The quantitative estimate of drug-likeness (QED) is 0.764. The number of carbonyl (C=O) groups excluding carboxylic acids is 1. The average Bonchev–Trinajstić information content (AvgIpc) is 2.82.